The Balaban J connectivity index is 2.29. The average Bonchev–Trinajstić information content (AvgIpc) is 2.34. The fraction of sp³-hybridized carbons (Fsp3) is 0.400. The van der Waals surface area contributed by atoms with E-state index in [2.05, 4.69) is 18.7 Å². The molecule has 0 fully saturated rings. The van der Waals surface area contributed by atoms with Gasteiger partial charge in [0, 0.05) is 12.8 Å². The van der Waals surface area contributed by atoms with E-state index in [0.717, 1.165) is 19.3 Å². The number of ether oxygens (including phenoxy) is 1. The molecule has 0 aliphatic rings. The lowest BCUT2D eigenvalue weighted by atomic mass is 9.94. The number of esters is 1. The van der Waals surface area contributed by atoms with E-state index in [1.807, 2.05) is 24.3 Å². The third-order valence-electron chi connectivity index (χ3n) is 2.73. The van der Waals surface area contributed by atoms with E-state index in [1.54, 1.807) is 0 Å². The summed E-state index contributed by atoms with van der Waals surface area (Å²) < 4.78 is 4.90. The first-order valence-electron chi connectivity index (χ1n) is 6.05. The van der Waals surface area contributed by atoms with Crippen molar-refractivity contribution >= 4 is 5.97 Å². The van der Waals surface area contributed by atoms with Gasteiger partial charge in [-0.1, -0.05) is 36.4 Å². The van der Waals surface area contributed by atoms with E-state index in [-0.39, 0.29) is 5.97 Å². The molecule has 0 heterocycles. The van der Waals surface area contributed by atoms with Crippen molar-refractivity contribution < 1.29 is 9.53 Å². The largest absolute Gasteiger partial charge is 0.466 e. The maximum absolute atomic E-state index is 10.6. The predicted octanol–water partition coefficient (Wildman–Crippen LogP) is 3.69. The number of carbonyl (C=O) groups excluding carboxylic acids is 1. The molecule has 0 aromatic heterocycles. The molecule has 0 saturated heterocycles. The molecule has 0 spiro atoms. The molecule has 1 aromatic carbocycles. The van der Waals surface area contributed by atoms with E-state index >= 15 is 0 Å². The minimum atomic E-state index is -0.201. The quantitative estimate of drug-likeness (QED) is 0.407. The first-order valence-corrected chi connectivity index (χ1v) is 6.05. The number of hydrogen-bond acceptors (Lipinski definition) is 2. The van der Waals surface area contributed by atoms with Crippen LogP contribution in [0, 0.1) is 0 Å². The van der Waals surface area contributed by atoms with Gasteiger partial charge >= 0.3 is 5.97 Å². The zero-order chi connectivity index (χ0) is 12.5. The third-order valence-corrected chi connectivity index (χ3v) is 2.73. The van der Waals surface area contributed by atoms with Crippen molar-refractivity contribution in [3.8, 4) is 0 Å². The normalized spacial score (nSPS) is 11.8. The maximum Gasteiger partial charge on any atom is 0.302 e. The van der Waals surface area contributed by atoms with Gasteiger partial charge in [0.15, 0.2) is 0 Å². The van der Waals surface area contributed by atoms with Crippen molar-refractivity contribution in [2.45, 2.75) is 32.1 Å². The lowest BCUT2D eigenvalue weighted by molar-refractivity contribution is -0.141. The number of rotatable bonds is 7. The van der Waals surface area contributed by atoms with Crippen molar-refractivity contribution in [3.63, 3.8) is 0 Å². The molecular weight excluding hydrogens is 212 g/mol. The maximum atomic E-state index is 10.6. The number of allylic oxidation sites excluding steroid dienone is 1. The topological polar surface area (TPSA) is 26.3 Å². The highest BCUT2D eigenvalue weighted by Crippen LogP contribution is 2.22. The SMILES string of the molecule is C=C[C@H](CCCCOC(C)=O)c1ccccc1. The summed E-state index contributed by atoms with van der Waals surface area (Å²) in [4.78, 5) is 10.6. The summed E-state index contributed by atoms with van der Waals surface area (Å²) >= 11 is 0. The van der Waals surface area contributed by atoms with Gasteiger partial charge in [0.05, 0.1) is 6.61 Å². The standard InChI is InChI=1S/C15H20O2/c1-3-14(15-10-5-4-6-11-15)9-7-8-12-17-13(2)16/h3-6,10-11,14H,1,7-9,12H2,2H3/t14-/m1/s1. The summed E-state index contributed by atoms with van der Waals surface area (Å²) in [6.07, 6.45) is 4.99. The molecule has 1 aromatic rings. The molecule has 0 aliphatic heterocycles. The predicted molar refractivity (Wildman–Crippen MR) is 69.9 cm³/mol. The molecule has 1 rings (SSSR count). The van der Waals surface area contributed by atoms with E-state index in [0.29, 0.717) is 12.5 Å². The second-order valence-electron chi connectivity index (χ2n) is 4.09. The molecule has 1 atom stereocenters. The minimum absolute atomic E-state index is 0.201. The van der Waals surface area contributed by atoms with E-state index in [1.165, 1.54) is 12.5 Å². The lowest BCUT2D eigenvalue weighted by Gasteiger charge is -2.12. The molecule has 0 amide bonds. The fourth-order valence-electron chi connectivity index (χ4n) is 1.80. The summed E-state index contributed by atoms with van der Waals surface area (Å²) in [6, 6.07) is 10.4. The fourth-order valence-corrected chi connectivity index (χ4v) is 1.80. The van der Waals surface area contributed by atoms with Crippen LogP contribution in [-0.2, 0) is 9.53 Å². The van der Waals surface area contributed by atoms with Crippen LogP contribution in [0.15, 0.2) is 43.0 Å². The Morgan fingerprint density at radius 3 is 2.65 bits per heavy atom. The molecule has 0 bridgehead atoms. The van der Waals surface area contributed by atoms with Crippen LogP contribution in [0.25, 0.3) is 0 Å². The van der Waals surface area contributed by atoms with Gasteiger partial charge in [-0.3, -0.25) is 4.79 Å². The highest BCUT2D eigenvalue weighted by Gasteiger charge is 2.06. The monoisotopic (exact) mass is 232 g/mol. The number of carbonyl (C=O) groups is 1. The van der Waals surface area contributed by atoms with Crippen molar-refractivity contribution in [1.29, 1.82) is 0 Å². The van der Waals surface area contributed by atoms with Gasteiger partial charge in [0.2, 0.25) is 0 Å². The molecule has 92 valence electrons. The van der Waals surface area contributed by atoms with Gasteiger partial charge in [-0.15, -0.1) is 6.58 Å². The van der Waals surface area contributed by atoms with Crippen molar-refractivity contribution in [2.75, 3.05) is 6.61 Å². The molecule has 2 nitrogen and oxygen atoms in total. The smallest absolute Gasteiger partial charge is 0.302 e. The highest BCUT2D eigenvalue weighted by atomic mass is 16.5. The molecule has 2 heteroatoms. The Labute approximate surface area is 103 Å². The Hall–Kier alpha value is -1.57. The molecular formula is C15H20O2. The second-order valence-corrected chi connectivity index (χ2v) is 4.09. The Bertz CT molecular complexity index is 343. The highest BCUT2D eigenvalue weighted by molar-refractivity contribution is 5.65. The van der Waals surface area contributed by atoms with Gasteiger partial charge in [-0.05, 0) is 24.8 Å². The van der Waals surface area contributed by atoms with Crippen LogP contribution in [0.3, 0.4) is 0 Å². The summed E-state index contributed by atoms with van der Waals surface area (Å²) in [7, 11) is 0. The van der Waals surface area contributed by atoms with Crippen molar-refractivity contribution in [3.05, 3.63) is 48.6 Å². The summed E-state index contributed by atoms with van der Waals surface area (Å²) in [5.41, 5.74) is 1.30. The molecule has 0 radical (unpaired) electrons. The molecule has 0 saturated carbocycles. The van der Waals surface area contributed by atoms with Crippen LogP contribution in [0.4, 0.5) is 0 Å². The van der Waals surface area contributed by atoms with Gasteiger partial charge in [0.25, 0.3) is 0 Å². The first-order chi connectivity index (χ1) is 8.24. The van der Waals surface area contributed by atoms with Crippen molar-refractivity contribution in [2.24, 2.45) is 0 Å². The minimum Gasteiger partial charge on any atom is -0.466 e. The number of benzene rings is 1. The summed E-state index contributed by atoms with van der Waals surface area (Å²) in [6.45, 7) is 5.84. The van der Waals surface area contributed by atoms with Crippen LogP contribution < -0.4 is 0 Å². The lowest BCUT2D eigenvalue weighted by Crippen LogP contribution is -2.01. The number of unbranched alkanes of at least 4 members (excludes halogenated alkanes) is 1. The van der Waals surface area contributed by atoms with E-state index in [9.17, 15) is 4.79 Å². The van der Waals surface area contributed by atoms with Gasteiger partial charge in [-0.25, -0.2) is 0 Å². The van der Waals surface area contributed by atoms with Crippen LogP contribution >= 0.6 is 0 Å². The van der Waals surface area contributed by atoms with E-state index in [4.69, 9.17) is 4.74 Å². The van der Waals surface area contributed by atoms with E-state index < -0.39 is 0 Å². The molecule has 0 unspecified atom stereocenters. The van der Waals surface area contributed by atoms with Crippen LogP contribution in [0.2, 0.25) is 0 Å². The molecule has 0 aliphatic carbocycles. The van der Waals surface area contributed by atoms with Crippen LogP contribution in [-0.4, -0.2) is 12.6 Å². The summed E-state index contributed by atoms with van der Waals surface area (Å²) in [5.74, 6) is 0.196. The zero-order valence-corrected chi connectivity index (χ0v) is 10.4. The van der Waals surface area contributed by atoms with Crippen LogP contribution in [0.1, 0.15) is 37.7 Å². The number of hydrogen-bond donors (Lipinski definition) is 0. The van der Waals surface area contributed by atoms with Gasteiger partial charge in [-0.2, -0.15) is 0 Å². The second kappa shape index (κ2) is 7.66. The zero-order valence-electron chi connectivity index (χ0n) is 10.4. The summed E-state index contributed by atoms with van der Waals surface area (Å²) in [5, 5.41) is 0. The van der Waals surface area contributed by atoms with Crippen molar-refractivity contribution in [1.82, 2.24) is 0 Å². The van der Waals surface area contributed by atoms with Crippen LogP contribution in [0.5, 0.6) is 0 Å². The first kappa shape index (κ1) is 13.5. The van der Waals surface area contributed by atoms with Gasteiger partial charge < -0.3 is 4.74 Å². The Kier molecular flexibility index (Phi) is 6.08. The Morgan fingerprint density at radius 1 is 1.35 bits per heavy atom. The van der Waals surface area contributed by atoms with Gasteiger partial charge in [0.1, 0.15) is 0 Å². The molecule has 17 heavy (non-hydrogen) atoms. The molecule has 0 N–H and O–H groups in total. The Morgan fingerprint density at radius 2 is 2.06 bits per heavy atom. The average molecular weight is 232 g/mol. The third kappa shape index (κ3) is 5.34.